The van der Waals surface area contributed by atoms with Crippen molar-refractivity contribution >= 4 is 34.7 Å². The van der Waals surface area contributed by atoms with Gasteiger partial charge in [-0.2, -0.15) is 0 Å². The molecule has 2 aromatic heterocycles. The van der Waals surface area contributed by atoms with Gasteiger partial charge in [0.05, 0.1) is 34.9 Å². The van der Waals surface area contributed by atoms with Crippen LogP contribution >= 0.6 is 11.3 Å². The first-order chi connectivity index (χ1) is 21.8. The first-order valence-electron chi connectivity index (χ1n) is 13.7. The molecule has 1 aliphatic rings. The predicted molar refractivity (Wildman–Crippen MR) is 169 cm³/mol. The number of benzene rings is 3. The Bertz CT molecular complexity index is 2160. The van der Waals surface area contributed by atoms with Gasteiger partial charge in [-0.25, -0.2) is 4.99 Å². The number of carbonyl (C=O) groups excluding carboxylic acids is 1. The number of nitrogens with zero attached hydrogens (tertiary/aromatic N) is 3. The van der Waals surface area contributed by atoms with E-state index in [1.54, 1.807) is 74.7 Å². The second-order valence-corrected chi connectivity index (χ2v) is 11.0. The van der Waals surface area contributed by atoms with Gasteiger partial charge in [0.15, 0.2) is 4.80 Å². The first kappa shape index (κ1) is 29.3. The Morgan fingerprint density at radius 3 is 2.58 bits per heavy atom. The van der Waals surface area contributed by atoms with Crippen LogP contribution in [0, 0.1) is 10.1 Å². The molecular weight excluding hydrogens is 596 g/mol. The van der Waals surface area contributed by atoms with Crippen molar-refractivity contribution in [2.45, 2.75) is 13.0 Å². The van der Waals surface area contributed by atoms with Crippen LogP contribution in [-0.2, 0) is 4.79 Å². The Hall–Kier alpha value is -5.75. The molecule has 0 radical (unpaired) electrons. The highest BCUT2D eigenvalue weighted by molar-refractivity contribution is 7.07. The number of carbonyl (C=O) groups is 1. The van der Waals surface area contributed by atoms with Crippen molar-refractivity contribution in [2.24, 2.45) is 4.99 Å². The van der Waals surface area contributed by atoms with Crippen LogP contribution in [0.4, 0.5) is 11.4 Å². The lowest BCUT2D eigenvalue weighted by Crippen LogP contribution is -2.40. The van der Waals surface area contributed by atoms with Crippen molar-refractivity contribution in [1.29, 1.82) is 0 Å². The summed E-state index contributed by atoms with van der Waals surface area (Å²) in [5.74, 6) is 1.36. The predicted octanol–water partition coefficient (Wildman–Crippen LogP) is 5.06. The summed E-state index contributed by atoms with van der Waals surface area (Å²) in [7, 11) is 3.05. The number of fused-ring (bicyclic) bond motifs is 1. The molecule has 3 heterocycles. The lowest BCUT2D eigenvalue weighted by molar-refractivity contribution is -0.384. The number of aromatic nitrogens is 1. The van der Waals surface area contributed by atoms with Gasteiger partial charge < -0.3 is 19.2 Å². The number of nitrogens with one attached hydrogen (secondary N) is 1. The number of nitro groups is 1. The molecule has 0 saturated carbocycles. The Labute approximate surface area is 260 Å². The summed E-state index contributed by atoms with van der Waals surface area (Å²) in [5, 5.41) is 14.2. The summed E-state index contributed by atoms with van der Waals surface area (Å²) in [6.45, 7) is 1.73. The zero-order chi connectivity index (χ0) is 31.7. The molecule has 0 bridgehead atoms. The summed E-state index contributed by atoms with van der Waals surface area (Å²) in [6.07, 6.45) is 1.59. The molecule has 0 fully saturated rings. The Morgan fingerprint density at radius 1 is 1.04 bits per heavy atom. The van der Waals surface area contributed by atoms with Crippen molar-refractivity contribution < 1.29 is 23.6 Å². The van der Waals surface area contributed by atoms with E-state index in [-0.39, 0.29) is 16.8 Å². The van der Waals surface area contributed by atoms with Gasteiger partial charge in [-0.15, -0.1) is 0 Å². The van der Waals surface area contributed by atoms with Crippen molar-refractivity contribution in [2.75, 3.05) is 19.5 Å². The molecule has 1 aliphatic heterocycles. The van der Waals surface area contributed by atoms with Gasteiger partial charge in [-0.1, -0.05) is 41.7 Å². The standard InChI is InChI=1S/C33H26N4O7S/c1-19-29(31(38)35-21-9-5-4-6-10-21)30(25-14-12-23(42-2)17-27(25)43-3)36-32(39)28(45-33(36)34-19)18-24-13-15-26(44-24)20-8-7-11-22(16-20)37(40)41/h4-18,30H,1-3H3,(H,35,38)/b28-18-/t30-/m1/s1. The maximum Gasteiger partial charge on any atom is 0.271 e. The molecule has 1 atom stereocenters. The highest BCUT2D eigenvalue weighted by atomic mass is 32.1. The van der Waals surface area contributed by atoms with E-state index in [9.17, 15) is 19.7 Å². The van der Waals surface area contributed by atoms with Gasteiger partial charge in [0, 0.05) is 41.1 Å². The molecule has 0 spiro atoms. The van der Waals surface area contributed by atoms with Crippen LogP contribution in [0.3, 0.4) is 0 Å². The number of allylic oxidation sites excluding steroid dienone is 1. The molecule has 226 valence electrons. The average molecular weight is 623 g/mol. The first-order valence-corrected chi connectivity index (χ1v) is 14.5. The summed E-state index contributed by atoms with van der Waals surface area (Å²) >= 11 is 1.16. The number of furan rings is 1. The van der Waals surface area contributed by atoms with Crippen LogP contribution in [0.15, 0.2) is 110 Å². The molecule has 6 rings (SSSR count). The monoisotopic (exact) mass is 622 g/mol. The number of methoxy groups -OCH3 is 2. The van der Waals surface area contributed by atoms with Gasteiger partial charge in [0.2, 0.25) is 0 Å². The Morgan fingerprint density at radius 2 is 1.84 bits per heavy atom. The van der Waals surface area contributed by atoms with Crippen LogP contribution in [0.1, 0.15) is 24.3 Å². The fraction of sp³-hybridized carbons (Fsp3) is 0.121. The molecule has 0 saturated heterocycles. The van der Waals surface area contributed by atoms with E-state index in [0.29, 0.717) is 54.9 Å². The van der Waals surface area contributed by atoms with E-state index in [4.69, 9.17) is 13.9 Å². The zero-order valence-electron chi connectivity index (χ0n) is 24.3. The molecule has 5 aromatic rings. The lowest BCUT2D eigenvalue weighted by Gasteiger charge is -2.26. The fourth-order valence-electron chi connectivity index (χ4n) is 5.16. The topological polar surface area (TPSA) is 138 Å². The van der Waals surface area contributed by atoms with Crippen molar-refractivity contribution in [3.63, 3.8) is 0 Å². The van der Waals surface area contributed by atoms with E-state index < -0.39 is 16.9 Å². The van der Waals surface area contributed by atoms with Gasteiger partial charge in [0.1, 0.15) is 29.1 Å². The van der Waals surface area contributed by atoms with Gasteiger partial charge in [0.25, 0.3) is 17.2 Å². The van der Waals surface area contributed by atoms with E-state index >= 15 is 0 Å². The molecule has 0 unspecified atom stereocenters. The van der Waals surface area contributed by atoms with E-state index in [1.807, 2.05) is 18.2 Å². The van der Waals surface area contributed by atoms with E-state index in [2.05, 4.69) is 10.3 Å². The van der Waals surface area contributed by atoms with Crippen molar-refractivity contribution in [1.82, 2.24) is 4.57 Å². The second-order valence-electron chi connectivity index (χ2n) is 10.0. The van der Waals surface area contributed by atoms with Crippen molar-refractivity contribution in [3.05, 3.63) is 137 Å². The lowest BCUT2D eigenvalue weighted by atomic mass is 9.94. The van der Waals surface area contributed by atoms with Gasteiger partial charge >= 0.3 is 0 Å². The molecule has 45 heavy (non-hydrogen) atoms. The highest BCUT2D eigenvalue weighted by Crippen LogP contribution is 2.37. The molecule has 3 aromatic carbocycles. The van der Waals surface area contributed by atoms with Crippen LogP contribution < -0.4 is 29.7 Å². The molecule has 1 N–H and O–H groups in total. The number of hydrogen-bond acceptors (Lipinski definition) is 9. The number of rotatable bonds is 8. The third-order valence-electron chi connectivity index (χ3n) is 7.27. The zero-order valence-corrected chi connectivity index (χ0v) is 25.2. The number of ether oxygens (including phenoxy) is 2. The average Bonchev–Trinajstić information content (AvgIpc) is 3.64. The number of para-hydroxylation sites is 1. The number of thiazole rings is 1. The quantitative estimate of drug-likeness (QED) is 0.189. The summed E-state index contributed by atoms with van der Waals surface area (Å²) < 4.78 is 18.9. The maximum atomic E-state index is 14.1. The molecular formula is C33H26N4O7S. The minimum Gasteiger partial charge on any atom is -0.497 e. The smallest absolute Gasteiger partial charge is 0.271 e. The van der Waals surface area contributed by atoms with Crippen LogP contribution in [0.2, 0.25) is 0 Å². The normalized spacial score (nSPS) is 14.5. The van der Waals surface area contributed by atoms with Gasteiger partial charge in [-0.05, 0) is 43.3 Å². The number of hydrogen-bond donors (Lipinski definition) is 1. The third-order valence-corrected chi connectivity index (χ3v) is 8.26. The van der Waals surface area contributed by atoms with E-state index in [0.717, 1.165) is 11.3 Å². The number of nitro benzene ring substituents is 1. The Kier molecular flexibility index (Phi) is 7.88. The molecule has 1 amide bonds. The Balaban J connectivity index is 1.47. The largest absolute Gasteiger partial charge is 0.497 e. The summed E-state index contributed by atoms with van der Waals surface area (Å²) in [4.78, 5) is 43.8. The summed E-state index contributed by atoms with van der Waals surface area (Å²) in [6, 6.07) is 22.8. The molecule has 12 heteroatoms. The van der Waals surface area contributed by atoms with Crippen LogP contribution in [-0.4, -0.2) is 29.6 Å². The van der Waals surface area contributed by atoms with Crippen molar-refractivity contribution in [3.8, 4) is 22.8 Å². The minimum atomic E-state index is -0.870. The SMILES string of the molecule is COc1ccc([C@@H]2C(C(=O)Nc3ccccc3)=C(C)N=c3s/c(=C\c4ccc(-c5cccc([N+](=O)[O-])c5)o4)c(=O)n32)c(OC)c1. The molecule has 0 aliphatic carbocycles. The van der Waals surface area contributed by atoms with E-state index in [1.165, 1.54) is 23.8 Å². The number of non-ortho nitro benzene ring substituents is 1. The number of anilines is 1. The second kappa shape index (κ2) is 12.1. The highest BCUT2D eigenvalue weighted by Gasteiger charge is 2.34. The third kappa shape index (κ3) is 5.66. The maximum absolute atomic E-state index is 14.1. The minimum absolute atomic E-state index is 0.0600. The van der Waals surface area contributed by atoms with Crippen LogP contribution in [0.25, 0.3) is 17.4 Å². The fourth-order valence-corrected chi connectivity index (χ4v) is 6.18. The number of amides is 1. The summed E-state index contributed by atoms with van der Waals surface area (Å²) in [5.41, 5.74) is 1.99. The van der Waals surface area contributed by atoms with Crippen LogP contribution in [0.5, 0.6) is 11.5 Å². The molecule has 11 nitrogen and oxygen atoms in total. The van der Waals surface area contributed by atoms with Gasteiger partial charge in [-0.3, -0.25) is 24.3 Å².